The Bertz CT molecular complexity index is 1030. The van der Waals surface area contributed by atoms with Gasteiger partial charge >= 0.3 is 0 Å². The standard InChI is InChI=1S/C20H12BrClN2OS/c21-14-3-1-4-16(11-14)24-19(13-6-8-15(22)9-7-13)23-18(20(24)25)12-17-5-2-10-26-17/h1-12H/b18-12+. The van der Waals surface area contributed by atoms with Gasteiger partial charge in [-0.25, -0.2) is 4.99 Å². The fourth-order valence-electron chi connectivity index (χ4n) is 2.67. The number of halogens is 2. The molecule has 0 bridgehead atoms. The van der Waals surface area contributed by atoms with E-state index in [9.17, 15) is 4.79 Å². The van der Waals surface area contributed by atoms with Gasteiger partial charge in [0.15, 0.2) is 0 Å². The molecule has 0 N–H and O–H groups in total. The Morgan fingerprint density at radius 1 is 1.08 bits per heavy atom. The lowest BCUT2D eigenvalue weighted by atomic mass is 10.2. The van der Waals surface area contributed by atoms with Crippen LogP contribution in [0.3, 0.4) is 0 Å². The summed E-state index contributed by atoms with van der Waals surface area (Å²) in [7, 11) is 0. The molecule has 0 radical (unpaired) electrons. The average Bonchev–Trinajstić information content (AvgIpc) is 3.25. The molecule has 128 valence electrons. The van der Waals surface area contributed by atoms with E-state index in [2.05, 4.69) is 20.9 Å². The second-order valence-electron chi connectivity index (χ2n) is 5.61. The monoisotopic (exact) mass is 442 g/mol. The van der Waals surface area contributed by atoms with Crippen LogP contribution in [0.1, 0.15) is 10.4 Å². The van der Waals surface area contributed by atoms with Crippen LogP contribution in [0.5, 0.6) is 0 Å². The smallest absolute Gasteiger partial charge is 0.266 e. The van der Waals surface area contributed by atoms with Crippen LogP contribution in [-0.4, -0.2) is 11.7 Å². The number of amidine groups is 1. The van der Waals surface area contributed by atoms with Gasteiger partial charge in [0, 0.05) is 19.9 Å². The molecule has 2 heterocycles. The van der Waals surface area contributed by atoms with Gasteiger partial charge in [0.05, 0.1) is 5.69 Å². The van der Waals surface area contributed by atoms with Gasteiger partial charge in [-0.05, 0) is 60.0 Å². The molecule has 0 spiro atoms. The zero-order valence-electron chi connectivity index (χ0n) is 13.4. The third-order valence-electron chi connectivity index (χ3n) is 3.85. The topological polar surface area (TPSA) is 32.7 Å². The van der Waals surface area contributed by atoms with Gasteiger partial charge in [-0.1, -0.05) is 39.7 Å². The summed E-state index contributed by atoms with van der Waals surface area (Å²) in [6, 6.07) is 18.9. The Morgan fingerprint density at radius 3 is 2.58 bits per heavy atom. The number of amides is 1. The molecule has 0 fully saturated rings. The van der Waals surface area contributed by atoms with Gasteiger partial charge in [0.2, 0.25) is 0 Å². The fraction of sp³-hybridized carbons (Fsp3) is 0. The summed E-state index contributed by atoms with van der Waals surface area (Å²) in [5.41, 5.74) is 2.00. The Kier molecular flexibility index (Phi) is 4.76. The lowest BCUT2D eigenvalue weighted by Crippen LogP contribution is -2.32. The first-order valence-electron chi connectivity index (χ1n) is 7.82. The summed E-state index contributed by atoms with van der Waals surface area (Å²) in [4.78, 5) is 20.4. The number of rotatable bonds is 3. The lowest BCUT2D eigenvalue weighted by molar-refractivity contribution is -0.113. The summed E-state index contributed by atoms with van der Waals surface area (Å²) in [6.07, 6.45) is 1.82. The van der Waals surface area contributed by atoms with Crippen molar-refractivity contribution in [1.82, 2.24) is 0 Å². The predicted octanol–water partition coefficient (Wildman–Crippen LogP) is 6.00. The maximum absolute atomic E-state index is 13.1. The second-order valence-corrected chi connectivity index (χ2v) is 7.94. The largest absolute Gasteiger partial charge is 0.282 e. The number of anilines is 1. The molecule has 0 saturated heterocycles. The van der Waals surface area contributed by atoms with Crippen LogP contribution in [0.15, 0.2) is 81.2 Å². The summed E-state index contributed by atoms with van der Waals surface area (Å²) < 4.78 is 0.897. The molecule has 3 nitrogen and oxygen atoms in total. The van der Waals surface area contributed by atoms with Crippen LogP contribution in [-0.2, 0) is 4.79 Å². The van der Waals surface area contributed by atoms with E-state index in [1.807, 2.05) is 60.0 Å². The molecular weight excluding hydrogens is 432 g/mol. The average molecular weight is 444 g/mol. The molecule has 3 aromatic rings. The minimum absolute atomic E-state index is 0.151. The quantitative estimate of drug-likeness (QED) is 0.457. The SMILES string of the molecule is O=C1/C(=C\c2cccs2)N=C(c2ccc(Cl)cc2)N1c1cccc(Br)c1. The summed E-state index contributed by atoms with van der Waals surface area (Å²) in [6.45, 7) is 0. The molecule has 2 aromatic carbocycles. The Balaban J connectivity index is 1.84. The molecule has 0 aliphatic carbocycles. The van der Waals surface area contributed by atoms with Gasteiger partial charge in [-0.3, -0.25) is 9.69 Å². The third kappa shape index (κ3) is 3.38. The molecule has 0 saturated carbocycles. The Hall–Kier alpha value is -2.21. The number of carbonyl (C=O) groups excluding carboxylic acids is 1. The molecule has 4 rings (SSSR count). The van der Waals surface area contributed by atoms with E-state index in [0.29, 0.717) is 16.6 Å². The normalized spacial score (nSPS) is 15.6. The van der Waals surface area contributed by atoms with Crippen LogP contribution in [0, 0.1) is 0 Å². The molecule has 1 aliphatic heterocycles. The summed E-state index contributed by atoms with van der Waals surface area (Å²) >= 11 is 11.0. The van der Waals surface area contributed by atoms with E-state index in [1.165, 1.54) is 0 Å². The summed E-state index contributed by atoms with van der Waals surface area (Å²) in [5, 5.41) is 2.61. The number of nitrogens with zero attached hydrogens (tertiary/aromatic N) is 2. The van der Waals surface area contributed by atoms with E-state index in [0.717, 1.165) is 20.6 Å². The zero-order valence-corrected chi connectivity index (χ0v) is 16.6. The number of hydrogen-bond donors (Lipinski definition) is 0. The van der Waals surface area contributed by atoms with E-state index in [-0.39, 0.29) is 5.91 Å². The number of thiophene rings is 1. The van der Waals surface area contributed by atoms with E-state index < -0.39 is 0 Å². The van der Waals surface area contributed by atoms with Crippen molar-refractivity contribution in [2.45, 2.75) is 0 Å². The molecule has 26 heavy (non-hydrogen) atoms. The first-order chi connectivity index (χ1) is 12.6. The molecule has 1 aromatic heterocycles. The minimum Gasteiger partial charge on any atom is -0.266 e. The molecule has 1 amide bonds. The lowest BCUT2D eigenvalue weighted by Gasteiger charge is -2.18. The Labute approximate surface area is 168 Å². The predicted molar refractivity (Wildman–Crippen MR) is 112 cm³/mol. The van der Waals surface area contributed by atoms with Crippen molar-refractivity contribution in [1.29, 1.82) is 0 Å². The fourth-order valence-corrected chi connectivity index (χ4v) is 3.84. The highest BCUT2D eigenvalue weighted by Crippen LogP contribution is 2.30. The van der Waals surface area contributed by atoms with Crippen LogP contribution in [0.25, 0.3) is 6.08 Å². The molecule has 6 heteroatoms. The third-order valence-corrected chi connectivity index (χ3v) is 5.42. The maximum atomic E-state index is 13.1. The van der Waals surface area contributed by atoms with Crippen molar-refractivity contribution in [2.24, 2.45) is 4.99 Å². The van der Waals surface area contributed by atoms with E-state index in [1.54, 1.807) is 28.4 Å². The van der Waals surface area contributed by atoms with Gasteiger partial charge in [0.25, 0.3) is 5.91 Å². The molecular formula is C20H12BrClN2OS. The zero-order chi connectivity index (χ0) is 18.1. The van der Waals surface area contributed by atoms with Crippen molar-refractivity contribution in [3.05, 3.63) is 91.7 Å². The highest BCUT2D eigenvalue weighted by Gasteiger charge is 2.32. The molecule has 0 unspecified atom stereocenters. The van der Waals surface area contributed by atoms with Crippen LogP contribution in [0.4, 0.5) is 5.69 Å². The van der Waals surface area contributed by atoms with Crippen LogP contribution in [0.2, 0.25) is 5.02 Å². The van der Waals surface area contributed by atoms with Crippen molar-refractivity contribution in [3.63, 3.8) is 0 Å². The maximum Gasteiger partial charge on any atom is 0.282 e. The molecule has 1 aliphatic rings. The minimum atomic E-state index is -0.151. The molecule has 0 atom stereocenters. The highest BCUT2D eigenvalue weighted by atomic mass is 79.9. The van der Waals surface area contributed by atoms with Crippen molar-refractivity contribution in [3.8, 4) is 0 Å². The first-order valence-corrected chi connectivity index (χ1v) is 9.87. The van der Waals surface area contributed by atoms with Gasteiger partial charge in [0.1, 0.15) is 11.5 Å². The first kappa shape index (κ1) is 17.2. The Morgan fingerprint density at radius 2 is 1.88 bits per heavy atom. The van der Waals surface area contributed by atoms with Crippen molar-refractivity contribution >= 4 is 62.4 Å². The van der Waals surface area contributed by atoms with Crippen LogP contribution < -0.4 is 4.90 Å². The van der Waals surface area contributed by atoms with Gasteiger partial charge in [-0.15, -0.1) is 11.3 Å². The van der Waals surface area contributed by atoms with Crippen LogP contribution >= 0.6 is 38.9 Å². The van der Waals surface area contributed by atoms with Crippen molar-refractivity contribution < 1.29 is 4.79 Å². The highest BCUT2D eigenvalue weighted by molar-refractivity contribution is 9.10. The number of carbonyl (C=O) groups is 1. The second kappa shape index (κ2) is 7.19. The number of benzene rings is 2. The van der Waals surface area contributed by atoms with E-state index in [4.69, 9.17) is 11.6 Å². The number of hydrogen-bond acceptors (Lipinski definition) is 3. The van der Waals surface area contributed by atoms with Crippen molar-refractivity contribution in [2.75, 3.05) is 4.90 Å². The van der Waals surface area contributed by atoms with E-state index >= 15 is 0 Å². The summed E-state index contributed by atoms with van der Waals surface area (Å²) in [5.74, 6) is 0.439. The van der Waals surface area contributed by atoms with Gasteiger partial charge < -0.3 is 0 Å². The van der Waals surface area contributed by atoms with Gasteiger partial charge in [-0.2, -0.15) is 0 Å². The number of aliphatic imine (C=N–C) groups is 1.